The average Bonchev–Trinajstić information content (AvgIpc) is 2.19. The number of hydrogen-bond acceptors (Lipinski definition) is 3. The lowest BCUT2D eigenvalue weighted by Crippen LogP contribution is -2.11. The third-order valence-electron chi connectivity index (χ3n) is 2.17. The standard InChI is InChI=1S/C10H12FNO3/c1-2-8(12)6-3-5(11)4-7(9(6)13)10(14)15/h3-4,8,13H,2,12H2,1H3,(H,14,15)/t8-/m1/s1. The van der Waals surface area contributed by atoms with Crippen LogP contribution in [0.3, 0.4) is 0 Å². The molecule has 4 N–H and O–H groups in total. The molecule has 0 spiro atoms. The van der Waals surface area contributed by atoms with Crippen LogP contribution in [0.5, 0.6) is 5.75 Å². The molecule has 0 heterocycles. The number of aromatic hydroxyl groups is 1. The van der Waals surface area contributed by atoms with Crippen LogP contribution in [0.2, 0.25) is 0 Å². The van der Waals surface area contributed by atoms with Gasteiger partial charge in [0, 0.05) is 11.6 Å². The number of carboxylic acid groups (broad SMARTS) is 1. The molecule has 0 amide bonds. The maximum absolute atomic E-state index is 13.0. The van der Waals surface area contributed by atoms with Gasteiger partial charge in [-0.2, -0.15) is 0 Å². The van der Waals surface area contributed by atoms with Crippen molar-refractivity contribution in [2.24, 2.45) is 5.73 Å². The zero-order chi connectivity index (χ0) is 11.6. The Morgan fingerprint density at radius 2 is 2.20 bits per heavy atom. The predicted octanol–water partition coefficient (Wildman–Crippen LogP) is 1.64. The molecule has 0 aliphatic heterocycles. The lowest BCUT2D eigenvalue weighted by atomic mass is 10.0. The highest BCUT2D eigenvalue weighted by Gasteiger charge is 2.18. The number of phenols is 1. The van der Waals surface area contributed by atoms with E-state index in [1.165, 1.54) is 0 Å². The minimum Gasteiger partial charge on any atom is -0.507 e. The normalized spacial score (nSPS) is 12.5. The Morgan fingerprint density at radius 1 is 1.60 bits per heavy atom. The van der Waals surface area contributed by atoms with E-state index in [0.717, 1.165) is 12.1 Å². The van der Waals surface area contributed by atoms with Crippen LogP contribution in [0.1, 0.15) is 35.3 Å². The summed E-state index contributed by atoms with van der Waals surface area (Å²) in [4.78, 5) is 10.7. The molecule has 1 atom stereocenters. The Morgan fingerprint density at radius 3 is 2.67 bits per heavy atom. The van der Waals surface area contributed by atoms with E-state index in [1.807, 2.05) is 0 Å². The van der Waals surface area contributed by atoms with E-state index < -0.39 is 29.1 Å². The van der Waals surface area contributed by atoms with Crippen molar-refractivity contribution in [1.82, 2.24) is 0 Å². The van der Waals surface area contributed by atoms with Gasteiger partial charge >= 0.3 is 5.97 Å². The molecule has 0 saturated carbocycles. The smallest absolute Gasteiger partial charge is 0.339 e. The SMILES string of the molecule is CC[C@@H](N)c1cc(F)cc(C(=O)O)c1O. The highest BCUT2D eigenvalue weighted by atomic mass is 19.1. The second-order valence-electron chi connectivity index (χ2n) is 3.21. The fourth-order valence-corrected chi connectivity index (χ4v) is 1.29. The highest BCUT2D eigenvalue weighted by molar-refractivity contribution is 5.91. The molecule has 1 aromatic rings. The monoisotopic (exact) mass is 213 g/mol. The summed E-state index contributed by atoms with van der Waals surface area (Å²) in [6.45, 7) is 1.76. The van der Waals surface area contributed by atoms with Crippen molar-refractivity contribution in [3.63, 3.8) is 0 Å². The molecule has 1 rings (SSSR count). The first-order chi connectivity index (χ1) is 6.97. The van der Waals surface area contributed by atoms with Gasteiger partial charge < -0.3 is 15.9 Å². The number of nitrogens with two attached hydrogens (primary N) is 1. The number of hydrogen-bond donors (Lipinski definition) is 3. The second-order valence-corrected chi connectivity index (χ2v) is 3.21. The molecule has 0 aromatic heterocycles. The average molecular weight is 213 g/mol. The zero-order valence-corrected chi connectivity index (χ0v) is 8.20. The van der Waals surface area contributed by atoms with Crippen LogP contribution in [0.15, 0.2) is 12.1 Å². The number of benzene rings is 1. The largest absolute Gasteiger partial charge is 0.507 e. The number of carboxylic acids is 1. The molecule has 5 heteroatoms. The van der Waals surface area contributed by atoms with Gasteiger partial charge in [-0.1, -0.05) is 6.92 Å². The molecule has 4 nitrogen and oxygen atoms in total. The first-order valence-corrected chi connectivity index (χ1v) is 4.48. The quantitative estimate of drug-likeness (QED) is 0.712. The van der Waals surface area contributed by atoms with E-state index in [0.29, 0.717) is 6.42 Å². The molecular formula is C10H12FNO3. The molecule has 15 heavy (non-hydrogen) atoms. The summed E-state index contributed by atoms with van der Waals surface area (Å²) < 4.78 is 13.0. The Labute approximate surface area is 86.1 Å². The molecule has 0 radical (unpaired) electrons. The molecule has 0 saturated heterocycles. The van der Waals surface area contributed by atoms with Crippen LogP contribution in [0.4, 0.5) is 4.39 Å². The van der Waals surface area contributed by atoms with Gasteiger partial charge in [0.2, 0.25) is 0 Å². The third-order valence-corrected chi connectivity index (χ3v) is 2.17. The van der Waals surface area contributed by atoms with Crippen LogP contribution in [-0.4, -0.2) is 16.2 Å². The van der Waals surface area contributed by atoms with Crippen LogP contribution in [0.25, 0.3) is 0 Å². The summed E-state index contributed by atoms with van der Waals surface area (Å²) >= 11 is 0. The molecule has 82 valence electrons. The van der Waals surface area contributed by atoms with Gasteiger partial charge in [0.05, 0.1) is 0 Å². The predicted molar refractivity (Wildman–Crippen MR) is 52.2 cm³/mol. The van der Waals surface area contributed by atoms with Gasteiger partial charge in [-0.05, 0) is 18.6 Å². The van der Waals surface area contributed by atoms with E-state index in [9.17, 15) is 14.3 Å². The topological polar surface area (TPSA) is 83.6 Å². The van der Waals surface area contributed by atoms with Gasteiger partial charge in [0.15, 0.2) is 0 Å². The van der Waals surface area contributed by atoms with Crippen molar-refractivity contribution in [1.29, 1.82) is 0 Å². The number of rotatable bonds is 3. The van der Waals surface area contributed by atoms with E-state index in [-0.39, 0.29) is 5.56 Å². The zero-order valence-electron chi connectivity index (χ0n) is 8.20. The summed E-state index contributed by atoms with van der Waals surface area (Å²) in [5.41, 5.74) is 5.27. The van der Waals surface area contributed by atoms with Crippen molar-refractivity contribution in [2.45, 2.75) is 19.4 Å². The Bertz CT molecular complexity index is 392. The van der Waals surface area contributed by atoms with Gasteiger partial charge in [-0.15, -0.1) is 0 Å². The summed E-state index contributed by atoms with van der Waals surface area (Å²) in [7, 11) is 0. The van der Waals surface area contributed by atoms with Crippen LogP contribution < -0.4 is 5.73 Å². The Balaban J connectivity index is 3.34. The molecular weight excluding hydrogens is 201 g/mol. The van der Waals surface area contributed by atoms with Crippen molar-refractivity contribution in [2.75, 3.05) is 0 Å². The summed E-state index contributed by atoms with van der Waals surface area (Å²) in [6.07, 6.45) is 0.482. The molecule has 0 unspecified atom stereocenters. The highest BCUT2D eigenvalue weighted by Crippen LogP contribution is 2.29. The van der Waals surface area contributed by atoms with Gasteiger partial charge in [-0.3, -0.25) is 0 Å². The van der Waals surface area contributed by atoms with Crippen LogP contribution in [-0.2, 0) is 0 Å². The fourth-order valence-electron chi connectivity index (χ4n) is 1.29. The fraction of sp³-hybridized carbons (Fsp3) is 0.300. The maximum atomic E-state index is 13.0. The minimum atomic E-state index is -1.38. The lowest BCUT2D eigenvalue weighted by Gasteiger charge is -2.13. The van der Waals surface area contributed by atoms with Crippen LogP contribution >= 0.6 is 0 Å². The van der Waals surface area contributed by atoms with Gasteiger partial charge in [0.1, 0.15) is 17.1 Å². The lowest BCUT2D eigenvalue weighted by molar-refractivity contribution is 0.0693. The first-order valence-electron chi connectivity index (χ1n) is 4.48. The number of halogens is 1. The Kier molecular flexibility index (Phi) is 3.26. The van der Waals surface area contributed by atoms with Crippen molar-refractivity contribution >= 4 is 5.97 Å². The molecule has 0 aliphatic rings. The first kappa shape index (κ1) is 11.5. The molecule has 1 aromatic carbocycles. The maximum Gasteiger partial charge on any atom is 0.339 e. The van der Waals surface area contributed by atoms with Crippen molar-refractivity contribution < 1.29 is 19.4 Å². The summed E-state index contributed by atoms with van der Waals surface area (Å²) in [5, 5.41) is 18.3. The molecule has 0 fully saturated rings. The summed E-state index contributed by atoms with van der Waals surface area (Å²) in [6, 6.07) is 1.25. The number of carbonyl (C=O) groups is 1. The second kappa shape index (κ2) is 4.27. The minimum absolute atomic E-state index is 0.120. The van der Waals surface area contributed by atoms with E-state index in [4.69, 9.17) is 10.8 Å². The van der Waals surface area contributed by atoms with Gasteiger partial charge in [-0.25, -0.2) is 9.18 Å². The molecule has 0 bridgehead atoms. The number of aromatic carboxylic acids is 1. The van der Waals surface area contributed by atoms with Gasteiger partial charge in [0.25, 0.3) is 0 Å². The van der Waals surface area contributed by atoms with Crippen molar-refractivity contribution in [3.05, 3.63) is 29.1 Å². The van der Waals surface area contributed by atoms with Crippen LogP contribution in [0, 0.1) is 5.82 Å². The van der Waals surface area contributed by atoms with E-state index in [1.54, 1.807) is 6.92 Å². The molecule has 0 aliphatic carbocycles. The van der Waals surface area contributed by atoms with E-state index >= 15 is 0 Å². The van der Waals surface area contributed by atoms with Crippen molar-refractivity contribution in [3.8, 4) is 5.75 Å². The Hall–Kier alpha value is -1.62. The third kappa shape index (κ3) is 2.24. The van der Waals surface area contributed by atoms with E-state index in [2.05, 4.69) is 0 Å². The summed E-state index contributed by atoms with van der Waals surface area (Å²) in [5.74, 6) is -2.56.